The van der Waals surface area contributed by atoms with Gasteiger partial charge in [0.2, 0.25) is 6.17 Å². The molecule has 0 N–H and O–H groups in total. The summed E-state index contributed by atoms with van der Waals surface area (Å²) < 4.78 is 0. The monoisotopic (exact) mass is 458 g/mol. The number of carbonyl (C=O) groups excluding carboxylic acids is 1. The zero-order valence-electron chi connectivity index (χ0n) is 22.0. The lowest BCUT2D eigenvalue weighted by atomic mass is 10.0. The van der Waals surface area contributed by atoms with E-state index >= 15 is 0 Å². The van der Waals surface area contributed by atoms with Crippen molar-refractivity contribution in [2.24, 2.45) is 4.99 Å². The molecule has 5 heteroatoms. The van der Waals surface area contributed by atoms with Crippen molar-refractivity contribution >= 4 is 23.0 Å². The summed E-state index contributed by atoms with van der Waals surface area (Å²) >= 11 is 0. The smallest absolute Gasteiger partial charge is 0.272 e. The van der Waals surface area contributed by atoms with Gasteiger partial charge in [0, 0.05) is 42.3 Å². The Hall–Kier alpha value is -3.47. The average Bonchev–Trinajstić information content (AvgIpc) is 2.99. The van der Waals surface area contributed by atoms with Crippen LogP contribution in [0.2, 0.25) is 0 Å². The van der Waals surface area contributed by atoms with Gasteiger partial charge in [-0.2, -0.15) is 0 Å². The maximum absolute atomic E-state index is 13.5. The van der Waals surface area contributed by atoms with Gasteiger partial charge >= 0.3 is 0 Å². The zero-order chi connectivity index (χ0) is 25.4. The quantitative estimate of drug-likeness (QED) is 0.460. The Balaban J connectivity index is 0.000000970. The number of fused-ring (bicyclic) bond motifs is 1. The van der Waals surface area contributed by atoms with Gasteiger partial charge in [0.05, 0.1) is 11.4 Å². The van der Waals surface area contributed by atoms with Crippen molar-refractivity contribution in [3.05, 3.63) is 88.7 Å². The molecule has 1 amide bonds. The van der Waals surface area contributed by atoms with Gasteiger partial charge in [0.1, 0.15) is 0 Å². The zero-order valence-corrected chi connectivity index (χ0v) is 22.0. The van der Waals surface area contributed by atoms with Crippen LogP contribution < -0.4 is 9.80 Å². The van der Waals surface area contributed by atoms with Gasteiger partial charge in [-0.25, -0.2) is 4.99 Å². The van der Waals surface area contributed by atoms with Gasteiger partial charge in [0.25, 0.3) is 5.91 Å². The second-order valence-electron chi connectivity index (χ2n) is 7.74. The Morgan fingerprint density at radius 2 is 1.47 bits per heavy atom. The number of aromatic nitrogens is 1. The Labute approximate surface area is 205 Å². The van der Waals surface area contributed by atoms with E-state index in [1.807, 2.05) is 128 Å². The summed E-state index contributed by atoms with van der Waals surface area (Å²) in [6.07, 6.45) is -0.683. The second kappa shape index (κ2) is 12.1. The summed E-state index contributed by atoms with van der Waals surface area (Å²) in [6, 6.07) is 20.0. The van der Waals surface area contributed by atoms with Crippen molar-refractivity contribution in [2.75, 3.05) is 23.9 Å². The van der Waals surface area contributed by atoms with Crippen LogP contribution in [0.4, 0.5) is 11.4 Å². The predicted molar refractivity (Wildman–Crippen MR) is 145 cm³/mol. The Morgan fingerprint density at radius 1 is 0.882 bits per heavy atom. The second-order valence-corrected chi connectivity index (χ2v) is 7.74. The number of hydrogen-bond donors (Lipinski definition) is 0. The maximum atomic E-state index is 13.5. The van der Waals surface area contributed by atoms with Crippen molar-refractivity contribution in [1.29, 1.82) is 0 Å². The van der Waals surface area contributed by atoms with Gasteiger partial charge < -0.3 is 9.80 Å². The lowest BCUT2D eigenvalue weighted by Gasteiger charge is -2.30. The molecule has 0 radical (unpaired) electrons. The summed E-state index contributed by atoms with van der Waals surface area (Å²) in [6.45, 7) is 14.0. The maximum Gasteiger partial charge on any atom is 0.272 e. The number of aryl methyl sites for hydroxylation is 2. The van der Waals surface area contributed by atoms with Crippen LogP contribution in [0.15, 0.2) is 65.7 Å². The summed E-state index contributed by atoms with van der Waals surface area (Å²) in [5, 5.41) is 0. The van der Waals surface area contributed by atoms with Gasteiger partial charge in [-0.05, 0) is 38.5 Å². The molecular formula is C29H38N4O. The first-order valence-electron chi connectivity index (χ1n) is 12.1. The lowest BCUT2D eigenvalue weighted by Crippen LogP contribution is -2.45. The number of para-hydroxylation sites is 1. The van der Waals surface area contributed by atoms with E-state index in [-0.39, 0.29) is 5.91 Å². The standard InChI is InChI=1S/C25H26N4O.2C2H6/c1-16-15-22(17(2)18(3)26-16)28(4)24-25(30)29(5)21-14-10-9-13-20(21)23(27-24)19-11-7-6-8-12-19;2*1-2/h6-15,24H,1-5H3;2*1-2H3/t24-;;/m1../s1. The molecule has 0 aliphatic carbocycles. The molecule has 0 unspecified atom stereocenters. The first kappa shape index (κ1) is 26.8. The van der Waals surface area contributed by atoms with E-state index in [2.05, 4.69) is 4.98 Å². The number of likely N-dealkylation sites (N-methyl/N-ethyl adjacent to an activating group) is 2. The van der Waals surface area contributed by atoms with Crippen LogP contribution in [0.3, 0.4) is 0 Å². The topological polar surface area (TPSA) is 48.8 Å². The summed E-state index contributed by atoms with van der Waals surface area (Å²) in [4.78, 5) is 26.8. The third-order valence-electron chi connectivity index (χ3n) is 5.73. The Bertz CT molecular complexity index is 1140. The number of amides is 1. The molecule has 0 saturated carbocycles. The molecule has 0 fully saturated rings. The minimum atomic E-state index is -0.683. The molecule has 0 bridgehead atoms. The van der Waals surface area contributed by atoms with Crippen LogP contribution in [-0.4, -0.2) is 36.9 Å². The molecule has 0 spiro atoms. The van der Waals surface area contributed by atoms with Gasteiger partial charge in [-0.15, -0.1) is 0 Å². The lowest BCUT2D eigenvalue weighted by molar-refractivity contribution is -0.119. The van der Waals surface area contributed by atoms with E-state index in [0.29, 0.717) is 0 Å². The minimum Gasteiger partial charge on any atom is -0.345 e. The number of benzene rings is 2. The van der Waals surface area contributed by atoms with Crippen LogP contribution in [0.1, 0.15) is 55.8 Å². The van der Waals surface area contributed by atoms with E-state index < -0.39 is 6.17 Å². The molecule has 1 atom stereocenters. The number of carbonyl (C=O) groups is 1. The van der Waals surface area contributed by atoms with E-state index in [1.54, 1.807) is 4.90 Å². The molecule has 1 aromatic heterocycles. The fourth-order valence-electron chi connectivity index (χ4n) is 3.95. The van der Waals surface area contributed by atoms with E-state index in [0.717, 1.165) is 45.2 Å². The first-order valence-corrected chi connectivity index (χ1v) is 12.1. The molecule has 0 saturated heterocycles. The van der Waals surface area contributed by atoms with Gasteiger partial charge in [-0.3, -0.25) is 9.78 Å². The predicted octanol–water partition coefficient (Wildman–Crippen LogP) is 6.34. The van der Waals surface area contributed by atoms with Crippen molar-refractivity contribution in [3.63, 3.8) is 0 Å². The highest BCUT2D eigenvalue weighted by Gasteiger charge is 2.33. The number of aliphatic imine (C=N–C) groups is 1. The number of rotatable bonds is 3. The van der Waals surface area contributed by atoms with Crippen molar-refractivity contribution in [1.82, 2.24) is 4.98 Å². The van der Waals surface area contributed by atoms with Crippen molar-refractivity contribution in [3.8, 4) is 0 Å². The minimum absolute atomic E-state index is 0.0672. The average molecular weight is 459 g/mol. The normalized spacial score (nSPS) is 14.5. The first-order chi connectivity index (χ1) is 16.4. The van der Waals surface area contributed by atoms with Crippen molar-refractivity contribution < 1.29 is 4.79 Å². The Morgan fingerprint density at radius 3 is 2.12 bits per heavy atom. The van der Waals surface area contributed by atoms with Crippen LogP contribution in [0, 0.1) is 20.8 Å². The summed E-state index contributed by atoms with van der Waals surface area (Å²) in [7, 11) is 3.75. The number of benzodiazepines with no additional fused rings is 1. The number of pyridine rings is 1. The molecule has 1 aliphatic rings. The third-order valence-corrected chi connectivity index (χ3v) is 5.73. The SMILES string of the molecule is CC.CC.Cc1cc(N(C)[C@H]2N=C(c3ccccc3)c3ccccc3N(C)C2=O)c(C)c(C)n1. The molecule has 180 valence electrons. The number of anilines is 2. The highest BCUT2D eigenvalue weighted by atomic mass is 16.2. The molecule has 5 nitrogen and oxygen atoms in total. The summed E-state index contributed by atoms with van der Waals surface area (Å²) in [5.74, 6) is -0.0672. The highest BCUT2D eigenvalue weighted by Crippen LogP contribution is 2.31. The fraction of sp³-hybridized carbons (Fsp3) is 0.345. The van der Waals surface area contributed by atoms with Crippen LogP contribution in [0.5, 0.6) is 0 Å². The van der Waals surface area contributed by atoms with Crippen LogP contribution in [-0.2, 0) is 4.79 Å². The van der Waals surface area contributed by atoms with Crippen molar-refractivity contribution in [2.45, 2.75) is 54.6 Å². The van der Waals surface area contributed by atoms with Crippen LogP contribution >= 0.6 is 0 Å². The largest absolute Gasteiger partial charge is 0.345 e. The van der Waals surface area contributed by atoms with Gasteiger partial charge in [0.15, 0.2) is 0 Å². The van der Waals surface area contributed by atoms with Gasteiger partial charge in [-0.1, -0.05) is 76.2 Å². The number of nitrogens with zero attached hydrogens (tertiary/aromatic N) is 4. The molecule has 4 rings (SSSR count). The van der Waals surface area contributed by atoms with Crippen LogP contribution in [0.25, 0.3) is 0 Å². The van der Waals surface area contributed by atoms with E-state index in [4.69, 9.17) is 4.99 Å². The molecular weight excluding hydrogens is 420 g/mol. The molecule has 1 aliphatic heterocycles. The third kappa shape index (κ3) is 5.36. The Kier molecular flexibility index (Phi) is 9.55. The van der Waals surface area contributed by atoms with E-state index in [9.17, 15) is 4.79 Å². The highest BCUT2D eigenvalue weighted by molar-refractivity contribution is 6.20. The molecule has 2 heterocycles. The summed E-state index contributed by atoms with van der Waals surface area (Å²) in [5.41, 5.74) is 7.53. The molecule has 34 heavy (non-hydrogen) atoms. The number of hydrogen-bond acceptors (Lipinski definition) is 4. The molecule has 2 aromatic carbocycles. The fourth-order valence-corrected chi connectivity index (χ4v) is 3.95. The van der Waals surface area contributed by atoms with E-state index in [1.165, 1.54) is 0 Å². The molecule has 3 aromatic rings.